The predicted octanol–water partition coefficient (Wildman–Crippen LogP) is 1.17. The zero-order valence-corrected chi connectivity index (χ0v) is 12.2. The second kappa shape index (κ2) is 6.61. The van der Waals surface area contributed by atoms with Gasteiger partial charge in [-0.1, -0.05) is 6.32 Å². The van der Waals surface area contributed by atoms with E-state index in [-0.39, 0.29) is 5.63 Å². The van der Waals surface area contributed by atoms with Crippen LogP contribution in [0.5, 0.6) is 0 Å². The minimum Gasteiger partial charge on any atom is -0.423 e. The van der Waals surface area contributed by atoms with Crippen molar-refractivity contribution in [2.45, 2.75) is 19.2 Å². The van der Waals surface area contributed by atoms with Crippen molar-refractivity contribution in [3.8, 4) is 0 Å². The summed E-state index contributed by atoms with van der Waals surface area (Å²) in [5, 5.41) is 0.975. The molecular weight excluding hydrogens is 251 g/mol. The molecule has 0 fully saturated rings. The molecule has 0 saturated carbocycles. The van der Waals surface area contributed by atoms with Gasteiger partial charge in [0.2, 0.25) is 0 Å². The van der Waals surface area contributed by atoms with Crippen LogP contribution in [0, 0.1) is 0 Å². The van der Waals surface area contributed by atoms with Gasteiger partial charge in [0, 0.05) is 36.8 Å². The lowest BCUT2D eigenvalue weighted by molar-refractivity contribution is 0.558. The first-order chi connectivity index (χ1) is 9.65. The third-order valence-corrected chi connectivity index (χ3v) is 3.52. The number of nitrogens with two attached hydrogens (primary N) is 1. The van der Waals surface area contributed by atoms with Gasteiger partial charge in [0.15, 0.2) is 0 Å². The Kier molecular flexibility index (Phi) is 4.85. The molecule has 0 aliphatic carbocycles. The molecular formula is C15H21BN2O2. The predicted molar refractivity (Wildman–Crippen MR) is 86.5 cm³/mol. The Morgan fingerprint density at radius 1 is 1.35 bits per heavy atom. The number of hydrogen-bond donors (Lipinski definition) is 1. The maximum Gasteiger partial charge on any atom is 0.336 e. The second-order valence-corrected chi connectivity index (χ2v) is 5.08. The smallest absolute Gasteiger partial charge is 0.336 e. The summed E-state index contributed by atoms with van der Waals surface area (Å²) in [6.07, 6.45) is 2.99. The number of hydrogen-bond acceptors (Lipinski definition) is 4. The topological polar surface area (TPSA) is 59.5 Å². The normalized spacial score (nSPS) is 10.9. The molecule has 0 atom stereocenters. The van der Waals surface area contributed by atoms with Crippen molar-refractivity contribution in [3.63, 3.8) is 0 Å². The van der Waals surface area contributed by atoms with E-state index in [2.05, 4.69) is 25.9 Å². The lowest BCUT2D eigenvalue weighted by Gasteiger charge is -2.19. The van der Waals surface area contributed by atoms with Crippen LogP contribution in [0.4, 0.5) is 5.69 Å². The fourth-order valence-electron chi connectivity index (χ4n) is 2.34. The molecule has 0 unspecified atom stereocenters. The molecule has 20 heavy (non-hydrogen) atoms. The summed E-state index contributed by atoms with van der Waals surface area (Å²) in [5.74, 6) is 0. The Hall–Kier alpha value is -1.75. The molecule has 2 rings (SSSR count). The standard InChI is InChI=1S/C15H21BN2O2/c1-18(8-2-6-16)12-3-4-13-11(5-7-17)9-15(19)20-14(13)10-12/h3-4,9-10H,2,5-8,16-17H2,1H3. The van der Waals surface area contributed by atoms with Crippen LogP contribution in [0.1, 0.15) is 12.0 Å². The number of fused-ring (bicyclic) bond motifs is 1. The number of anilines is 1. The molecule has 0 spiro atoms. The van der Waals surface area contributed by atoms with Crippen molar-refractivity contribution in [2.75, 3.05) is 25.0 Å². The van der Waals surface area contributed by atoms with Crippen LogP contribution in [0.2, 0.25) is 6.32 Å². The molecule has 5 heteroatoms. The van der Waals surface area contributed by atoms with E-state index in [1.54, 1.807) is 0 Å². The lowest BCUT2D eigenvalue weighted by atomic mass is 10.0. The highest BCUT2D eigenvalue weighted by molar-refractivity contribution is 6.08. The second-order valence-electron chi connectivity index (χ2n) is 5.08. The van der Waals surface area contributed by atoms with Crippen molar-refractivity contribution >= 4 is 24.5 Å². The van der Waals surface area contributed by atoms with Gasteiger partial charge in [0.1, 0.15) is 13.4 Å². The number of rotatable bonds is 6. The van der Waals surface area contributed by atoms with E-state index in [0.717, 1.165) is 35.9 Å². The Morgan fingerprint density at radius 2 is 2.15 bits per heavy atom. The molecule has 0 aliphatic rings. The summed E-state index contributed by atoms with van der Waals surface area (Å²) >= 11 is 0. The first-order valence-electron chi connectivity index (χ1n) is 7.13. The summed E-state index contributed by atoms with van der Waals surface area (Å²) in [6.45, 7) is 1.52. The van der Waals surface area contributed by atoms with Crippen LogP contribution in [-0.4, -0.2) is 28.0 Å². The minimum absolute atomic E-state index is 0.311. The molecule has 1 aromatic heterocycles. The molecule has 0 radical (unpaired) electrons. The fourth-order valence-corrected chi connectivity index (χ4v) is 2.34. The van der Waals surface area contributed by atoms with E-state index in [1.165, 1.54) is 6.07 Å². The Bertz CT molecular complexity index is 639. The summed E-state index contributed by atoms with van der Waals surface area (Å²) < 4.78 is 5.32. The van der Waals surface area contributed by atoms with E-state index >= 15 is 0 Å². The van der Waals surface area contributed by atoms with Gasteiger partial charge in [-0.05, 0) is 37.1 Å². The van der Waals surface area contributed by atoms with Gasteiger partial charge in [-0.3, -0.25) is 0 Å². The van der Waals surface area contributed by atoms with Crippen molar-refractivity contribution < 1.29 is 4.42 Å². The molecule has 0 aliphatic heterocycles. The zero-order chi connectivity index (χ0) is 14.5. The van der Waals surface area contributed by atoms with Gasteiger partial charge in [-0.25, -0.2) is 4.79 Å². The highest BCUT2D eigenvalue weighted by atomic mass is 16.4. The largest absolute Gasteiger partial charge is 0.423 e. The molecule has 0 saturated heterocycles. The fraction of sp³-hybridized carbons (Fsp3) is 0.400. The van der Waals surface area contributed by atoms with Gasteiger partial charge in [0.25, 0.3) is 0 Å². The molecule has 0 bridgehead atoms. The van der Waals surface area contributed by atoms with Gasteiger partial charge in [0.05, 0.1) is 0 Å². The van der Waals surface area contributed by atoms with Crippen LogP contribution in [0.15, 0.2) is 33.5 Å². The van der Waals surface area contributed by atoms with E-state index in [0.29, 0.717) is 18.5 Å². The monoisotopic (exact) mass is 272 g/mol. The molecule has 0 amide bonds. The van der Waals surface area contributed by atoms with Crippen LogP contribution >= 0.6 is 0 Å². The highest BCUT2D eigenvalue weighted by Gasteiger charge is 2.08. The maximum atomic E-state index is 11.6. The average molecular weight is 272 g/mol. The Morgan fingerprint density at radius 3 is 2.85 bits per heavy atom. The van der Waals surface area contributed by atoms with E-state index in [4.69, 9.17) is 10.2 Å². The number of benzene rings is 1. The van der Waals surface area contributed by atoms with Crippen molar-refractivity contribution in [1.29, 1.82) is 0 Å². The maximum absolute atomic E-state index is 11.6. The highest BCUT2D eigenvalue weighted by Crippen LogP contribution is 2.23. The van der Waals surface area contributed by atoms with Gasteiger partial charge < -0.3 is 15.1 Å². The number of nitrogens with zero attached hydrogens (tertiary/aromatic N) is 1. The third kappa shape index (κ3) is 3.22. The molecule has 1 heterocycles. The molecule has 4 nitrogen and oxygen atoms in total. The van der Waals surface area contributed by atoms with Crippen LogP contribution in [0.25, 0.3) is 11.0 Å². The minimum atomic E-state index is -0.311. The van der Waals surface area contributed by atoms with Crippen LogP contribution in [0.3, 0.4) is 0 Å². The summed E-state index contributed by atoms with van der Waals surface area (Å²) in [6, 6.07) is 7.56. The molecule has 2 aromatic rings. The van der Waals surface area contributed by atoms with Crippen molar-refractivity contribution in [1.82, 2.24) is 0 Å². The van der Waals surface area contributed by atoms with E-state index < -0.39 is 0 Å². The van der Waals surface area contributed by atoms with Crippen molar-refractivity contribution in [2.24, 2.45) is 5.73 Å². The summed E-state index contributed by atoms with van der Waals surface area (Å²) in [4.78, 5) is 13.8. The van der Waals surface area contributed by atoms with Crippen LogP contribution in [-0.2, 0) is 6.42 Å². The summed E-state index contributed by atoms with van der Waals surface area (Å²) in [5.41, 5.74) is 7.95. The molecule has 2 N–H and O–H groups in total. The van der Waals surface area contributed by atoms with Gasteiger partial charge in [-0.15, -0.1) is 0 Å². The molecule has 106 valence electrons. The third-order valence-electron chi connectivity index (χ3n) is 3.52. The van der Waals surface area contributed by atoms with Gasteiger partial charge in [-0.2, -0.15) is 0 Å². The first-order valence-corrected chi connectivity index (χ1v) is 7.13. The zero-order valence-electron chi connectivity index (χ0n) is 12.2. The summed E-state index contributed by atoms with van der Waals surface area (Å²) in [7, 11) is 4.23. The first kappa shape index (κ1) is 14.7. The SMILES string of the molecule is BCCCN(C)c1ccc2c(CCN)cc(=O)oc2c1. The van der Waals surface area contributed by atoms with Crippen LogP contribution < -0.4 is 16.3 Å². The Balaban J connectivity index is 2.41. The molecule has 1 aromatic carbocycles. The average Bonchev–Trinajstić information content (AvgIpc) is 2.44. The Labute approximate surface area is 120 Å². The van der Waals surface area contributed by atoms with Crippen molar-refractivity contribution in [3.05, 3.63) is 40.2 Å². The van der Waals surface area contributed by atoms with Gasteiger partial charge >= 0.3 is 5.63 Å². The van der Waals surface area contributed by atoms with E-state index in [9.17, 15) is 4.79 Å². The lowest BCUT2D eigenvalue weighted by Crippen LogP contribution is -2.18. The quantitative estimate of drug-likeness (QED) is 0.633. The van der Waals surface area contributed by atoms with E-state index in [1.807, 2.05) is 12.1 Å².